The van der Waals surface area contributed by atoms with Gasteiger partial charge in [0.05, 0.1) is 42.9 Å². The standard InChI is InChI=1S/C48H44N2O13/c51-48(61-40-24-22-39(23-25-40)49(52)53)60-32-38-21-26-42(41(27-38)50(54)55)62-47-46(59-31-37-19-11-4-12-20-37)45(58-30-36-17-9-3-10-18-36)44(57-29-35-15-7-2-8-16-35)43(63-47)33-56-28-34-13-5-1-6-14-34/h1-27,43-47H,28-33H2/t43?,44-,45?,46+,47+/m0/s1. The highest BCUT2D eigenvalue weighted by Gasteiger charge is 2.50. The average molecular weight is 857 g/mol. The van der Waals surface area contributed by atoms with Gasteiger partial charge in [0.2, 0.25) is 6.29 Å². The van der Waals surface area contributed by atoms with E-state index in [-0.39, 0.29) is 55.8 Å². The van der Waals surface area contributed by atoms with Gasteiger partial charge in [-0.05, 0) is 46.0 Å². The first-order chi connectivity index (χ1) is 30.8. The summed E-state index contributed by atoms with van der Waals surface area (Å²) in [5, 5.41) is 23.6. The van der Waals surface area contributed by atoms with Crippen LogP contribution >= 0.6 is 0 Å². The molecule has 1 saturated heterocycles. The van der Waals surface area contributed by atoms with Gasteiger partial charge in [0, 0.05) is 18.2 Å². The molecule has 15 heteroatoms. The second-order valence-electron chi connectivity index (χ2n) is 14.4. The molecular weight excluding hydrogens is 813 g/mol. The van der Waals surface area contributed by atoms with Gasteiger partial charge in [-0.25, -0.2) is 4.79 Å². The van der Waals surface area contributed by atoms with Crippen LogP contribution in [-0.4, -0.2) is 53.3 Å². The van der Waals surface area contributed by atoms with Crippen LogP contribution in [0.5, 0.6) is 11.5 Å². The third-order valence-electron chi connectivity index (χ3n) is 9.91. The monoisotopic (exact) mass is 856 g/mol. The second-order valence-corrected chi connectivity index (χ2v) is 14.4. The van der Waals surface area contributed by atoms with Crippen molar-refractivity contribution in [1.29, 1.82) is 0 Å². The first kappa shape index (κ1) is 44.1. The Balaban J connectivity index is 1.17. The maximum absolute atomic E-state index is 12.6. The van der Waals surface area contributed by atoms with Crippen molar-refractivity contribution in [2.45, 2.75) is 63.7 Å². The van der Waals surface area contributed by atoms with Gasteiger partial charge < -0.3 is 37.9 Å². The van der Waals surface area contributed by atoms with E-state index in [9.17, 15) is 25.0 Å². The molecule has 0 amide bonds. The molecular formula is C48H44N2O13. The number of carbonyl (C=O) groups is 1. The van der Waals surface area contributed by atoms with Crippen molar-refractivity contribution in [3.8, 4) is 11.5 Å². The molecule has 1 fully saturated rings. The maximum atomic E-state index is 12.6. The summed E-state index contributed by atoms with van der Waals surface area (Å²) in [6, 6.07) is 47.4. The molecule has 7 rings (SSSR count). The topological polar surface area (TPSA) is 177 Å². The molecule has 0 bridgehead atoms. The molecule has 1 heterocycles. The fourth-order valence-electron chi connectivity index (χ4n) is 6.77. The molecule has 0 saturated carbocycles. The Bertz CT molecular complexity index is 2370. The van der Waals surface area contributed by atoms with Gasteiger partial charge in [-0.3, -0.25) is 20.2 Å². The average Bonchev–Trinajstić information content (AvgIpc) is 3.31. The van der Waals surface area contributed by atoms with Crippen LogP contribution in [0.4, 0.5) is 16.2 Å². The molecule has 0 N–H and O–H groups in total. The number of benzene rings is 6. The molecule has 324 valence electrons. The third kappa shape index (κ3) is 12.8. The van der Waals surface area contributed by atoms with Crippen molar-refractivity contribution < 1.29 is 52.5 Å². The second kappa shape index (κ2) is 22.2. The molecule has 0 spiro atoms. The van der Waals surface area contributed by atoms with E-state index in [0.717, 1.165) is 22.3 Å². The van der Waals surface area contributed by atoms with E-state index in [0.29, 0.717) is 0 Å². The van der Waals surface area contributed by atoms with Crippen LogP contribution < -0.4 is 9.47 Å². The summed E-state index contributed by atoms with van der Waals surface area (Å²) >= 11 is 0. The highest BCUT2D eigenvalue weighted by atomic mass is 16.7. The normalized spacial score (nSPS) is 18.3. The summed E-state index contributed by atoms with van der Waals surface area (Å²) in [6.45, 7) is 0.425. The number of nitrogens with zero attached hydrogens (tertiary/aromatic N) is 2. The van der Waals surface area contributed by atoms with Crippen molar-refractivity contribution in [3.63, 3.8) is 0 Å². The first-order valence-corrected chi connectivity index (χ1v) is 20.1. The number of carbonyl (C=O) groups excluding carboxylic acids is 1. The molecule has 0 radical (unpaired) electrons. The van der Waals surface area contributed by atoms with E-state index < -0.39 is 59.0 Å². The van der Waals surface area contributed by atoms with Crippen molar-refractivity contribution in [2.75, 3.05) is 6.61 Å². The smallest absolute Gasteiger partial charge is 0.455 e. The summed E-state index contributed by atoms with van der Waals surface area (Å²) in [5.74, 6) is -0.135. The lowest BCUT2D eigenvalue weighted by Crippen LogP contribution is -2.62. The number of rotatable bonds is 20. The molecule has 6 aromatic carbocycles. The molecule has 1 aliphatic heterocycles. The van der Waals surface area contributed by atoms with Crippen LogP contribution in [0.1, 0.15) is 27.8 Å². The van der Waals surface area contributed by atoms with Crippen LogP contribution in [0.3, 0.4) is 0 Å². The minimum atomic E-state index is -1.28. The Hall–Kier alpha value is -7.01. The molecule has 0 aliphatic carbocycles. The van der Waals surface area contributed by atoms with E-state index in [1.807, 2.05) is 121 Å². The van der Waals surface area contributed by atoms with Gasteiger partial charge in [0.25, 0.3) is 5.69 Å². The lowest BCUT2D eigenvalue weighted by atomic mass is 9.97. The van der Waals surface area contributed by atoms with Gasteiger partial charge in [0.15, 0.2) is 5.75 Å². The van der Waals surface area contributed by atoms with E-state index >= 15 is 0 Å². The Morgan fingerprint density at radius 3 is 1.57 bits per heavy atom. The summed E-state index contributed by atoms with van der Waals surface area (Å²) in [5.41, 5.74) is 3.25. The zero-order valence-corrected chi connectivity index (χ0v) is 33.9. The lowest BCUT2D eigenvalue weighted by molar-refractivity contribution is -0.387. The molecule has 15 nitrogen and oxygen atoms in total. The minimum Gasteiger partial charge on any atom is -0.455 e. The summed E-state index contributed by atoms with van der Waals surface area (Å²) in [6.07, 6.45) is -5.84. The largest absolute Gasteiger partial charge is 0.514 e. The predicted molar refractivity (Wildman–Crippen MR) is 227 cm³/mol. The van der Waals surface area contributed by atoms with Crippen molar-refractivity contribution in [1.82, 2.24) is 0 Å². The molecule has 6 aromatic rings. The van der Waals surface area contributed by atoms with Gasteiger partial charge in [-0.2, -0.15) is 0 Å². The maximum Gasteiger partial charge on any atom is 0.514 e. The van der Waals surface area contributed by atoms with E-state index in [4.69, 9.17) is 37.9 Å². The van der Waals surface area contributed by atoms with Crippen LogP contribution in [0, 0.1) is 20.2 Å². The van der Waals surface area contributed by atoms with Crippen LogP contribution in [-0.2, 0) is 61.5 Å². The van der Waals surface area contributed by atoms with Crippen LogP contribution in [0.25, 0.3) is 0 Å². The predicted octanol–water partition coefficient (Wildman–Crippen LogP) is 9.30. The lowest BCUT2D eigenvalue weighted by Gasteiger charge is -2.45. The highest BCUT2D eigenvalue weighted by molar-refractivity contribution is 5.64. The Morgan fingerprint density at radius 1 is 0.540 bits per heavy atom. The van der Waals surface area contributed by atoms with E-state index in [1.54, 1.807) is 0 Å². The summed E-state index contributed by atoms with van der Waals surface area (Å²) < 4.78 is 49.8. The number of non-ortho nitro benzene ring substituents is 1. The number of hydrogen-bond donors (Lipinski definition) is 0. The van der Waals surface area contributed by atoms with Crippen molar-refractivity contribution in [2.24, 2.45) is 0 Å². The Morgan fingerprint density at radius 2 is 1.05 bits per heavy atom. The SMILES string of the molecule is O=C(OCc1ccc(O[C@@H]2OC(COCc3ccccc3)[C@H](OCc3ccccc3)C(OCc3ccccc3)[C@H]2OCc2ccccc2)c([N+](=O)[O-])c1)Oc1ccc([N+](=O)[O-])cc1. The van der Waals surface area contributed by atoms with Gasteiger partial charge >= 0.3 is 11.8 Å². The fourth-order valence-corrected chi connectivity index (χ4v) is 6.77. The number of ether oxygens (including phenoxy) is 8. The van der Waals surface area contributed by atoms with E-state index in [1.165, 1.54) is 42.5 Å². The summed E-state index contributed by atoms with van der Waals surface area (Å²) in [4.78, 5) is 34.8. The van der Waals surface area contributed by atoms with Crippen molar-refractivity contribution in [3.05, 3.63) is 212 Å². The van der Waals surface area contributed by atoms with Gasteiger partial charge in [-0.15, -0.1) is 0 Å². The number of hydrogen-bond acceptors (Lipinski definition) is 13. The Labute approximate surface area is 362 Å². The summed E-state index contributed by atoms with van der Waals surface area (Å²) in [7, 11) is 0. The molecule has 63 heavy (non-hydrogen) atoms. The third-order valence-corrected chi connectivity index (χ3v) is 9.91. The zero-order valence-electron chi connectivity index (χ0n) is 33.9. The first-order valence-electron chi connectivity index (χ1n) is 20.1. The molecule has 5 atom stereocenters. The molecule has 1 aliphatic rings. The highest BCUT2D eigenvalue weighted by Crippen LogP contribution is 2.36. The molecule has 2 unspecified atom stereocenters. The van der Waals surface area contributed by atoms with Crippen LogP contribution in [0.2, 0.25) is 0 Å². The number of nitro benzene ring substituents is 2. The quantitative estimate of drug-likeness (QED) is 0.0307. The number of nitro groups is 2. The van der Waals surface area contributed by atoms with Gasteiger partial charge in [0.1, 0.15) is 36.8 Å². The molecule has 0 aromatic heterocycles. The minimum absolute atomic E-state index is 0.0133. The van der Waals surface area contributed by atoms with E-state index in [2.05, 4.69) is 0 Å². The van der Waals surface area contributed by atoms with Crippen LogP contribution in [0.15, 0.2) is 164 Å². The Kier molecular flexibility index (Phi) is 15.5. The van der Waals surface area contributed by atoms with Crippen molar-refractivity contribution >= 4 is 17.5 Å². The van der Waals surface area contributed by atoms with Gasteiger partial charge in [-0.1, -0.05) is 127 Å². The fraction of sp³-hybridized carbons (Fsp3) is 0.229. The zero-order chi connectivity index (χ0) is 43.8.